The van der Waals surface area contributed by atoms with Crippen LogP contribution in [0.25, 0.3) is 5.57 Å². The van der Waals surface area contributed by atoms with Gasteiger partial charge in [0.1, 0.15) is 0 Å². The molecule has 2 aliphatic rings. The summed E-state index contributed by atoms with van der Waals surface area (Å²) in [6.07, 6.45) is 5.84. The maximum absolute atomic E-state index is 11.7. The van der Waals surface area contributed by atoms with E-state index in [0.717, 1.165) is 41.8 Å². The normalized spacial score (nSPS) is 20.4. The molecule has 1 aromatic carbocycles. The minimum Gasteiger partial charge on any atom is -0.350 e. The third-order valence-electron chi connectivity index (χ3n) is 3.34. The number of amides is 1. The summed E-state index contributed by atoms with van der Waals surface area (Å²) in [5.41, 5.74) is 3.43. The first kappa shape index (κ1) is 10.8. The molecule has 3 rings (SSSR count). The Hall–Kier alpha value is -1.28. The van der Waals surface area contributed by atoms with Gasteiger partial charge in [0.25, 0.3) is 0 Å². The maximum Gasteiger partial charge on any atom is 0.244 e. The van der Waals surface area contributed by atoms with Gasteiger partial charge in [-0.3, -0.25) is 4.79 Å². The number of carbonyl (C=O) groups excluding carboxylic acids is 1. The highest BCUT2D eigenvalue weighted by molar-refractivity contribution is 6.31. The molecule has 0 saturated heterocycles. The summed E-state index contributed by atoms with van der Waals surface area (Å²) in [7, 11) is 0. The first-order chi connectivity index (χ1) is 8.24. The number of hydrogen-bond acceptors (Lipinski definition) is 1. The van der Waals surface area contributed by atoms with E-state index in [0.29, 0.717) is 6.04 Å². The fourth-order valence-corrected chi connectivity index (χ4v) is 2.56. The number of fused-ring (bicyclic) bond motifs is 1. The number of carbonyl (C=O) groups is 1. The zero-order chi connectivity index (χ0) is 11.8. The Morgan fingerprint density at radius 2 is 2.18 bits per heavy atom. The van der Waals surface area contributed by atoms with E-state index < -0.39 is 0 Å². The molecular weight excluding hydrogens is 234 g/mol. The Balaban J connectivity index is 1.84. The molecule has 88 valence electrons. The van der Waals surface area contributed by atoms with Crippen molar-refractivity contribution in [1.29, 1.82) is 0 Å². The fourth-order valence-electron chi connectivity index (χ4n) is 2.29. The monoisotopic (exact) mass is 247 g/mol. The van der Waals surface area contributed by atoms with Gasteiger partial charge in [-0.15, -0.1) is 0 Å². The first-order valence-corrected chi connectivity index (χ1v) is 6.40. The van der Waals surface area contributed by atoms with Crippen LogP contribution < -0.4 is 5.32 Å². The third-order valence-corrected chi connectivity index (χ3v) is 3.69. The maximum atomic E-state index is 11.7. The molecule has 3 heteroatoms. The Kier molecular flexibility index (Phi) is 2.67. The number of rotatable bonds is 2. The lowest BCUT2D eigenvalue weighted by Gasteiger charge is -2.03. The van der Waals surface area contributed by atoms with Crippen LogP contribution in [-0.4, -0.2) is 11.9 Å². The van der Waals surface area contributed by atoms with Crippen molar-refractivity contribution < 1.29 is 4.79 Å². The predicted octanol–water partition coefficient (Wildman–Crippen LogP) is 2.95. The molecule has 0 atom stereocenters. The molecule has 2 nitrogen and oxygen atoms in total. The molecular formula is C14H14ClNO. The molecule has 2 aliphatic carbocycles. The molecule has 1 fully saturated rings. The quantitative estimate of drug-likeness (QED) is 0.800. The van der Waals surface area contributed by atoms with Crippen LogP contribution in [-0.2, 0) is 11.2 Å². The second-order valence-electron chi connectivity index (χ2n) is 4.72. The predicted molar refractivity (Wildman–Crippen MR) is 68.9 cm³/mol. The molecule has 0 bridgehead atoms. The van der Waals surface area contributed by atoms with Crippen molar-refractivity contribution in [3.8, 4) is 0 Å². The third kappa shape index (κ3) is 2.22. The van der Waals surface area contributed by atoms with Crippen LogP contribution in [0.3, 0.4) is 0 Å². The van der Waals surface area contributed by atoms with Gasteiger partial charge in [0, 0.05) is 17.1 Å². The Morgan fingerprint density at radius 1 is 1.35 bits per heavy atom. The molecule has 0 heterocycles. The standard InChI is InChI=1S/C14H14ClNO/c15-13-3-1-2-11-9(4-7-12(11)13)8-14(17)16-10-5-6-10/h1-3,8,10H,4-7H2,(H,16,17)/b9-8+. The molecule has 0 radical (unpaired) electrons. The van der Waals surface area contributed by atoms with Gasteiger partial charge in [-0.05, 0) is 48.4 Å². The van der Waals surface area contributed by atoms with Gasteiger partial charge in [-0.1, -0.05) is 23.7 Å². The van der Waals surface area contributed by atoms with E-state index in [1.807, 2.05) is 18.2 Å². The number of allylic oxidation sites excluding steroid dienone is 1. The van der Waals surface area contributed by atoms with Crippen molar-refractivity contribution in [2.24, 2.45) is 0 Å². The lowest BCUT2D eigenvalue weighted by atomic mass is 10.1. The molecule has 0 aliphatic heterocycles. The number of benzene rings is 1. The number of nitrogens with one attached hydrogen (secondary N) is 1. The second kappa shape index (κ2) is 4.19. The summed E-state index contributed by atoms with van der Waals surface area (Å²) >= 11 is 6.14. The van der Waals surface area contributed by atoms with Crippen molar-refractivity contribution in [1.82, 2.24) is 5.32 Å². The van der Waals surface area contributed by atoms with E-state index in [4.69, 9.17) is 11.6 Å². The fraction of sp³-hybridized carbons (Fsp3) is 0.357. The van der Waals surface area contributed by atoms with Gasteiger partial charge in [0.2, 0.25) is 5.91 Å². The van der Waals surface area contributed by atoms with Crippen molar-refractivity contribution >= 4 is 23.1 Å². The Bertz CT molecular complexity index is 503. The van der Waals surface area contributed by atoms with E-state index >= 15 is 0 Å². The molecule has 0 unspecified atom stereocenters. The highest BCUT2D eigenvalue weighted by Crippen LogP contribution is 2.36. The molecule has 1 N–H and O–H groups in total. The van der Waals surface area contributed by atoms with Gasteiger partial charge in [-0.25, -0.2) is 0 Å². The van der Waals surface area contributed by atoms with Crippen molar-refractivity contribution in [3.05, 3.63) is 40.4 Å². The molecule has 0 spiro atoms. The summed E-state index contributed by atoms with van der Waals surface area (Å²) in [6, 6.07) is 6.32. The van der Waals surface area contributed by atoms with Crippen LogP contribution in [0.1, 0.15) is 30.4 Å². The van der Waals surface area contributed by atoms with E-state index in [1.165, 1.54) is 5.56 Å². The van der Waals surface area contributed by atoms with E-state index in [1.54, 1.807) is 6.08 Å². The summed E-state index contributed by atoms with van der Waals surface area (Å²) in [4.78, 5) is 11.7. The van der Waals surface area contributed by atoms with Gasteiger partial charge in [-0.2, -0.15) is 0 Å². The topological polar surface area (TPSA) is 29.1 Å². The molecule has 0 aromatic heterocycles. The smallest absolute Gasteiger partial charge is 0.244 e. The minimum absolute atomic E-state index is 0.0373. The average Bonchev–Trinajstić information content (AvgIpc) is 3.00. The van der Waals surface area contributed by atoms with Gasteiger partial charge < -0.3 is 5.32 Å². The van der Waals surface area contributed by atoms with Crippen molar-refractivity contribution in [3.63, 3.8) is 0 Å². The lowest BCUT2D eigenvalue weighted by Crippen LogP contribution is -2.23. The zero-order valence-electron chi connectivity index (χ0n) is 9.50. The van der Waals surface area contributed by atoms with Gasteiger partial charge in [0.15, 0.2) is 0 Å². The highest BCUT2D eigenvalue weighted by atomic mass is 35.5. The van der Waals surface area contributed by atoms with Crippen LogP contribution >= 0.6 is 11.6 Å². The van der Waals surface area contributed by atoms with E-state index in [-0.39, 0.29) is 5.91 Å². The van der Waals surface area contributed by atoms with Crippen molar-refractivity contribution in [2.75, 3.05) is 0 Å². The average molecular weight is 248 g/mol. The van der Waals surface area contributed by atoms with Crippen molar-refractivity contribution in [2.45, 2.75) is 31.7 Å². The second-order valence-corrected chi connectivity index (χ2v) is 5.13. The molecule has 17 heavy (non-hydrogen) atoms. The van der Waals surface area contributed by atoms with Crippen LogP contribution in [0.15, 0.2) is 24.3 Å². The SMILES string of the molecule is O=C(/C=C1\CCc2c(Cl)cccc21)NC1CC1. The van der Waals surface area contributed by atoms with Gasteiger partial charge in [0.05, 0.1) is 0 Å². The van der Waals surface area contributed by atoms with E-state index in [9.17, 15) is 4.79 Å². The van der Waals surface area contributed by atoms with Gasteiger partial charge >= 0.3 is 0 Å². The summed E-state index contributed by atoms with van der Waals surface area (Å²) in [6.45, 7) is 0. The zero-order valence-corrected chi connectivity index (χ0v) is 10.3. The molecule has 1 aromatic rings. The highest BCUT2D eigenvalue weighted by Gasteiger charge is 2.24. The van der Waals surface area contributed by atoms with E-state index in [2.05, 4.69) is 5.32 Å². The minimum atomic E-state index is 0.0373. The first-order valence-electron chi connectivity index (χ1n) is 6.03. The molecule has 1 amide bonds. The van der Waals surface area contributed by atoms with Crippen LogP contribution in [0.4, 0.5) is 0 Å². The summed E-state index contributed by atoms with van der Waals surface area (Å²) in [5.74, 6) is 0.0373. The Labute approximate surface area is 106 Å². The Morgan fingerprint density at radius 3 is 2.94 bits per heavy atom. The largest absolute Gasteiger partial charge is 0.350 e. The lowest BCUT2D eigenvalue weighted by molar-refractivity contribution is -0.116. The summed E-state index contributed by atoms with van der Waals surface area (Å²) < 4.78 is 0. The van der Waals surface area contributed by atoms with Crippen LogP contribution in [0.2, 0.25) is 5.02 Å². The van der Waals surface area contributed by atoms with Crippen LogP contribution in [0.5, 0.6) is 0 Å². The number of halogens is 1. The summed E-state index contributed by atoms with van der Waals surface area (Å²) in [5, 5.41) is 3.79. The van der Waals surface area contributed by atoms with Crippen LogP contribution in [0, 0.1) is 0 Å². The molecule has 1 saturated carbocycles. The number of hydrogen-bond donors (Lipinski definition) is 1.